The van der Waals surface area contributed by atoms with Crippen LogP contribution in [0.1, 0.15) is 108 Å². The standard InChI is InChI=1S/C41H55NO5S/c1-5-22-42(25-34(44)27-47-26-31-11-7-6-8-12-31)28-41(46)21-19-37-35-17-15-32(24-36(35)39(45)38-18-14-30(3)48-38)23-33(43)16-13-29(2)10-9-20-40(37,41)4/h6-8,10-12,14-15,17-18,24,33-34,37,43-44,46H,5,9,13,16,19-23,25-28H2,1-4H3/t33-,34+,37-,40-,41+/m0/s1. The third-order valence-electron chi connectivity index (χ3n) is 10.8. The first-order valence-corrected chi connectivity index (χ1v) is 18.6. The number of carbonyl (C=O) groups is 1. The zero-order valence-electron chi connectivity index (χ0n) is 29.3. The average molecular weight is 674 g/mol. The molecule has 2 aromatic carbocycles. The molecule has 0 aliphatic heterocycles. The molecule has 0 unspecified atom stereocenters. The first-order chi connectivity index (χ1) is 23.0. The number of allylic oxidation sites excluding steroid dienone is 2. The number of hydrogen-bond acceptors (Lipinski definition) is 7. The maximum Gasteiger partial charge on any atom is 0.203 e. The minimum atomic E-state index is -1.02. The molecule has 1 heterocycles. The molecule has 0 spiro atoms. The number of aliphatic hydroxyl groups excluding tert-OH is 2. The van der Waals surface area contributed by atoms with Crippen molar-refractivity contribution >= 4 is 17.1 Å². The second-order valence-corrected chi connectivity index (χ2v) is 15.9. The van der Waals surface area contributed by atoms with E-state index in [2.05, 4.69) is 43.9 Å². The molecule has 5 atom stereocenters. The number of nitrogens with zero attached hydrogens (tertiary/aromatic N) is 1. The number of aliphatic hydroxyl groups is 3. The minimum absolute atomic E-state index is 0.0197. The Morgan fingerprint density at radius 3 is 2.60 bits per heavy atom. The van der Waals surface area contributed by atoms with Crippen LogP contribution < -0.4 is 0 Å². The molecular formula is C41H55NO5S. The fourth-order valence-corrected chi connectivity index (χ4v) is 8.87. The molecule has 1 saturated carbocycles. The molecule has 6 nitrogen and oxygen atoms in total. The molecule has 3 aromatic rings. The number of carbonyl (C=O) groups excluding carboxylic acids is 1. The van der Waals surface area contributed by atoms with Crippen molar-refractivity contribution in [2.45, 2.75) is 109 Å². The number of thiophene rings is 1. The first-order valence-electron chi connectivity index (χ1n) is 17.8. The summed E-state index contributed by atoms with van der Waals surface area (Å²) in [6.45, 7) is 10.8. The number of aryl methyl sites for hydroxylation is 1. The van der Waals surface area contributed by atoms with Crippen molar-refractivity contribution in [3.05, 3.63) is 104 Å². The van der Waals surface area contributed by atoms with Crippen LogP contribution in [0.5, 0.6) is 0 Å². The first kappa shape index (κ1) is 36.6. The zero-order valence-corrected chi connectivity index (χ0v) is 30.1. The smallest absolute Gasteiger partial charge is 0.203 e. The topological polar surface area (TPSA) is 90.2 Å². The third-order valence-corrected chi connectivity index (χ3v) is 11.8. The van der Waals surface area contributed by atoms with Gasteiger partial charge >= 0.3 is 0 Å². The molecule has 3 N–H and O–H groups in total. The molecule has 260 valence electrons. The van der Waals surface area contributed by atoms with Crippen molar-refractivity contribution in [3.8, 4) is 0 Å². The van der Waals surface area contributed by atoms with Crippen molar-refractivity contribution in [1.29, 1.82) is 0 Å². The molecule has 6 rings (SSSR count). The summed E-state index contributed by atoms with van der Waals surface area (Å²) in [6.07, 6.45) is 6.99. The van der Waals surface area contributed by atoms with E-state index in [0.29, 0.717) is 44.5 Å². The summed E-state index contributed by atoms with van der Waals surface area (Å²) in [4.78, 5) is 18.2. The monoisotopic (exact) mass is 673 g/mol. The SMILES string of the molecule is CCCN(C[C@@H](O)COCc1ccccc1)C[C@]1(O)CC[C@H]2c3ccc(cc3C(=O)c3ccc(C)s3)C[C@@H](O)CCC(C)=CCC[C@@]21C. The maximum atomic E-state index is 14.2. The highest BCUT2D eigenvalue weighted by molar-refractivity contribution is 7.14. The van der Waals surface area contributed by atoms with Gasteiger partial charge in [-0.2, -0.15) is 0 Å². The van der Waals surface area contributed by atoms with Gasteiger partial charge < -0.3 is 20.1 Å². The largest absolute Gasteiger partial charge is 0.393 e. The van der Waals surface area contributed by atoms with Crippen LogP contribution in [0, 0.1) is 12.3 Å². The van der Waals surface area contributed by atoms with E-state index >= 15 is 0 Å². The van der Waals surface area contributed by atoms with Gasteiger partial charge in [0.25, 0.3) is 0 Å². The van der Waals surface area contributed by atoms with Gasteiger partial charge in [-0.25, -0.2) is 0 Å². The molecule has 48 heavy (non-hydrogen) atoms. The number of ether oxygens (including phenoxy) is 1. The summed E-state index contributed by atoms with van der Waals surface area (Å²) in [5.41, 5.74) is 3.45. The Hall–Kier alpha value is -2.65. The van der Waals surface area contributed by atoms with E-state index in [4.69, 9.17) is 4.74 Å². The molecule has 1 fully saturated rings. The van der Waals surface area contributed by atoms with Gasteiger partial charge in [0.1, 0.15) is 0 Å². The van der Waals surface area contributed by atoms with Gasteiger partial charge in [0.15, 0.2) is 0 Å². The lowest BCUT2D eigenvalue weighted by Gasteiger charge is -2.46. The molecule has 0 radical (unpaired) electrons. The number of hydrogen-bond donors (Lipinski definition) is 3. The van der Waals surface area contributed by atoms with Gasteiger partial charge in [-0.1, -0.05) is 68.0 Å². The molecular weight excluding hydrogens is 619 g/mol. The van der Waals surface area contributed by atoms with E-state index in [-0.39, 0.29) is 18.3 Å². The highest BCUT2D eigenvalue weighted by atomic mass is 32.1. The fourth-order valence-electron chi connectivity index (χ4n) is 8.04. The Morgan fingerprint density at radius 2 is 1.88 bits per heavy atom. The van der Waals surface area contributed by atoms with Crippen LogP contribution in [0.15, 0.2) is 72.3 Å². The van der Waals surface area contributed by atoms with Gasteiger partial charge in [0.05, 0.1) is 35.9 Å². The number of benzene rings is 2. The molecule has 0 saturated heterocycles. The van der Waals surface area contributed by atoms with Crippen LogP contribution >= 0.6 is 11.3 Å². The van der Waals surface area contributed by atoms with Crippen LogP contribution in [-0.2, 0) is 17.8 Å². The van der Waals surface area contributed by atoms with E-state index in [9.17, 15) is 20.1 Å². The molecule has 7 heteroatoms. The third kappa shape index (κ3) is 8.73. The van der Waals surface area contributed by atoms with Crippen molar-refractivity contribution in [2.24, 2.45) is 5.41 Å². The highest BCUT2D eigenvalue weighted by Gasteiger charge is 2.57. The van der Waals surface area contributed by atoms with Gasteiger partial charge in [-0.3, -0.25) is 9.69 Å². The van der Waals surface area contributed by atoms with Gasteiger partial charge in [0.2, 0.25) is 5.78 Å². The average Bonchev–Trinajstić information content (AvgIpc) is 3.60. The summed E-state index contributed by atoms with van der Waals surface area (Å²) >= 11 is 1.52. The Labute approximate surface area is 291 Å². The quantitative estimate of drug-likeness (QED) is 0.135. The van der Waals surface area contributed by atoms with Gasteiger partial charge in [-0.05, 0) is 113 Å². The predicted molar refractivity (Wildman–Crippen MR) is 195 cm³/mol. The lowest BCUT2D eigenvalue weighted by Crippen LogP contribution is -2.54. The van der Waals surface area contributed by atoms with Crippen LogP contribution in [0.4, 0.5) is 0 Å². The zero-order chi connectivity index (χ0) is 34.3. The predicted octanol–water partition coefficient (Wildman–Crippen LogP) is 7.62. The van der Waals surface area contributed by atoms with E-state index < -0.39 is 23.2 Å². The van der Waals surface area contributed by atoms with Gasteiger partial charge in [-0.15, -0.1) is 11.3 Å². The van der Waals surface area contributed by atoms with Crippen molar-refractivity contribution < 1.29 is 24.9 Å². The lowest BCUT2D eigenvalue weighted by molar-refractivity contribution is -0.0906. The van der Waals surface area contributed by atoms with Crippen molar-refractivity contribution in [1.82, 2.24) is 4.90 Å². The van der Waals surface area contributed by atoms with Crippen LogP contribution in [0.2, 0.25) is 0 Å². The lowest BCUT2D eigenvalue weighted by atomic mass is 9.64. The van der Waals surface area contributed by atoms with Crippen molar-refractivity contribution in [2.75, 3.05) is 26.2 Å². The normalized spacial score (nSPS) is 25.5. The maximum absolute atomic E-state index is 14.2. The Morgan fingerprint density at radius 1 is 1.08 bits per heavy atom. The molecule has 2 bridgehead atoms. The molecule has 3 aliphatic carbocycles. The van der Waals surface area contributed by atoms with E-state index in [1.165, 1.54) is 16.9 Å². The second-order valence-electron chi connectivity index (χ2n) is 14.6. The molecule has 1 aromatic heterocycles. The fraction of sp³-hybridized carbons (Fsp3) is 0.537. The Kier molecular flexibility index (Phi) is 12.5. The molecule has 0 amide bonds. The van der Waals surface area contributed by atoms with Crippen LogP contribution in [0.25, 0.3) is 0 Å². The van der Waals surface area contributed by atoms with E-state index in [1.54, 1.807) is 0 Å². The van der Waals surface area contributed by atoms with E-state index in [0.717, 1.165) is 65.1 Å². The summed E-state index contributed by atoms with van der Waals surface area (Å²) < 4.78 is 5.87. The van der Waals surface area contributed by atoms with Crippen LogP contribution in [0.3, 0.4) is 0 Å². The summed E-state index contributed by atoms with van der Waals surface area (Å²) in [5.74, 6) is -0.00738. The minimum Gasteiger partial charge on any atom is -0.393 e. The van der Waals surface area contributed by atoms with E-state index in [1.807, 2.05) is 55.5 Å². The summed E-state index contributed by atoms with van der Waals surface area (Å²) in [6, 6.07) is 20.1. The van der Waals surface area contributed by atoms with Crippen molar-refractivity contribution in [3.63, 3.8) is 0 Å². The second kappa shape index (κ2) is 16.4. The number of ketones is 1. The number of rotatable bonds is 12. The highest BCUT2D eigenvalue weighted by Crippen LogP contribution is 2.59. The van der Waals surface area contributed by atoms with Gasteiger partial charge in [0, 0.05) is 28.9 Å². The van der Waals surface area contributed by atoms with Crippen LogP contribution in [-0.4, -0.2) is 70.1 Å². The Balaban J connectivity index is 1.44. The Bertz CT molecular complexity index is 1530. The molecule has 3 aliphatic rings. The summed E-state index contributed by atoms with van der Waals surface area (Å²) in [5, 5.41) is 34.7. The summed E-state index contributed by atoms with van der Waals surface area (Å²) in [7, 11) is 0. The number of fused-ring (bicyclic) bond motifs is 8.